The van der Waals surface area contributed by atoms with Gasteiger partial charge in [-0.25, -0.2) is 0 Å². The minimum absolute atomic E-state index is 0.259. The highest BCUT2D eigenvalue weighted by atomic mass is 16.3. The molecule has 0 saturated heterocycles. The summed E-state index contributed by atoms with van der Waals surface area (Å²) in [6.07, 6.45) is 10.7. The standard InChI is InChI=1S/C29H52O3/c1-7-20(18(2)3)9-8-19(4)23-10-11-24-22-16-26(31)29(32)17-21(30)12-15-28(29,6)25(22)13-14-27(23,24)5/h18-26,30-32H,7-17H2,1-6H3/t19-,20?,21?,22+,23-,24+,25+,26+,27-,28-,29+/m1/s1. The first-order valence-electron chi connectivity index (χ1n) is 14.1. The summed E-state index contributed by atoms with van der Waals surface area (Å²) in [5.74, 6) is 4.92. The highest BCUT2D eigenvalue weighted by Gasteiger charge is 2.67. The maximum atomic E-state index is 11.7. The molecule has 3 N–H and O–H groups in total. The lowest BCUT2D eigenvalue weighted by atomic mass is 9.42. The Morgan fingerprint density at radius 2 is 1.62 bits per heavy atom. The van der Waals surface area contributed by atoms with Crippen LogP contribution in [0.1, 0.15) is 112 Å². The topological polar surface area (TPSA) is 60.7 Å². The lowest BCUT2D eigenvalue weighted by molar-refractivity contribution is -0.264. The molecule has 0 aliphatic heterocycles. The van der Waals surface area contributed by atoms with Crippen molar-refractivity contribution in [2.75, 3.05) is 0 Å². The van der Waals surface area contributed by atoms with E-state index in [9.17, 15) is 15.3 Å². The van der Waals surface area contributed by atoms with Crippen LogP contribution in [0.2, 0.25) is 0 Å². The third-order valence-corrected chi connectivity index (χ3v) is 12.1. The average Bonchev–Trinajstić information content (AvgIpc) is 3.08. The van der Waals surface area contributed by atoms with Gasteiger partial charge in [0.2, 0.25) is 0 Å². The molecule has 0 aromatic heterocycles. The Hall–Kier alpha value is -0.120. The van der Waals surface area contributed by atoms with Gasteiger partial charge < -0.3 is 15.3 Å². The van der Waals surface area contributed by atoms with Crippen LogP contribution >= 0.6 is 0 Å². The molecule has 32 heavy (non-hydrogen) atoms. The SMILES string of the molecule is CCC(CC[C@@H](C)[C@H]1CC[C@H]2[C@@H]3C[C@H](O)[C@@]4(O)CC(O)CC[C@]4(C)[C@H]3CC[C@]12C)C(C)C. The summed E-state index contributed by atoms with van der Waals surface area (Å²) in [6, 6.07) is 0. The van der Waals surface area contributed by atoms with E-state index in [4.69, 9.17) is 0 Å². The van der Waals surface area contributed by atoms with Crippen molar-refractivity contribution in [3.05, 3.63) is 0 Å². The molecular formula is C29H52O3. The van der Waals surface area contributed by atoms with Crippen LogP contribution in [0.25, 0.3) is 0 Å². The zero-order valence-corrected chi connectivity index (χ0v) is 21.8. The predicted molar refractivity (Wildman–Crippen MR) is 131 cm³/mol. The van der Waals surface area contributed by atoms with Gasteiger partial charge >= 0.3 is 0 Å². The van der Waals surface area contributed by atoms with Crippen LogP contribution in [0.15, 0.2) is 0 Å². The lowest BCUT2D eigenvalue weighted by Gasteiger charge is -2.65. The molecule has 4 aliphatic carbocycles. The molecule has 4 saturated carbocycles. The summed E-state index contributed by atoms with van der Waals surface area (Å²) in [7, 11) is 0. The fraction of sp³-hybridized carbons (Fsp3) is 1.00. The molecule has 2 unspecified atom stereocenters. The van der Waals surface area contributed by atoms with E-state index in [2.05, 4.69) is 41.5 Å². The minimum Gasteiger partial charge on any atom is -0.393 e. The summed E-state index contributed by atoms with van der Waals surface area (Å²) < 4.78 is 0. The summed E-state index contributed by atoms with van der Waals surface area (Å²) in [6.45, 7) is 14.5. The van der Waals surface area contributed by atoms with Crippen molar-refractivity contribution in [3.63, 3.8) is 0 Å². The van der Waals surface area contributed by atoms with Crippen molar-refractivity contribution >= 4 is 0 Å². The molecular weight excluding hydrogens is 396 g/mol. The van der Waals surface area contributed by atoms with Crippen molar-refractivity contribution in [2.45, 2.75) is 130 Å². The van der Waals surface area contributed by atoms with E-state index in [-0.39, 0.29) is 5.41 Å². The molecule has 3 nitrogen and oxygen atoms in total. The van der Waals surface area contributed by atoms with Gasteiger partial charge in [0.25, 0.3) is 0 Å². The van der Waals surface area contributed by atoms with E-state index in [0.717, 1.165) is 42.9 Å². The van der Waals surface area contributed by atoms with E-state index in [1.54, 1.807) is 0 Å². The summed E-state index contributed by atoms with van der Waals surface area (Å²) in [4.78, 5) is 0. The first-order valence-corrected chi connectivity index (χ1v) is 14.1. The lowest BCUT2D eigenvalue weighted by Crippen LogP contribution is -2.68. The smallest absolute Gasteiger partial charge is 0.0985 e. The first kappa shape index (κ1) is 25.0. The monoisotopic (exact) mass is 448 g/mol. The van der Waals surface area contributed by atoms with Gasteiger partial charge in [-0.3, -0.25) is 0 Å². The highest BCUT2D eigenvalue weighted by Crippen LogP contribution is 2.69. The first-order chi connectivity index (χ1) is 15.0. The molecule has 0 bridgehead atoms. The second kappa shape index (κ2) is 8.83. The number of hydrogen-bond acceptors (Lipinski definition) is 3. The predicted octanol–water partition coefficient (Wildman–Crippen LogP) is 6.19. The molecule has 11 atom stereocenters. The van der Waals surface area contributed by atoms with Gasteiger partial charge in [0.05, 0.1) is 17.8 Å². The van der Waals surface area contributed by atoms with Gasteiger partial charge in [-0.05, 0) is 98.2 Å². The molecule has 0 aromatic rings. The fourth-order valence-corrected chi connectivity index (χ4v) is 9.92. The summed E-state index contributed by atoms with van der Waals surface area (Å²) in [5, 5.41) is 33.2. The van der Waals surface area contributed by atoms with Crippen LogP contribution in [-0.2, 0) is 0 Å². The molecule has 4 aliphatic rings. The molecule has 4 rings (SSSR count). The van der Waals surface area contributed by atoms with Crippen LogP contribution in [0.5, 0.6) is 0 Å². The molecule has 0 heterocycles. The average molecular weight is 449 g/mol. The number of fused-ring (bicyclic) bond motifs is 5. The van der Waals surface area contributed by atoms with E-state index < -0.39 is 17.8 Å². The van der Waals surface area contributed by atoms with Gasteiger partial charge in [-0.2, -0.15) is 0 Å². The highest BCUT2D eigenvalue weighted by molar-refractivity contribution is 5.17. The van der Waals surface area contributed by atoms with Crippen LogP contribution < -0.4 is 0 Å². The molecule has 186 valence electrons. The molecule has 0 aromatic carbocycles. The Bertz CT molecular complexity index is 663. The zero-order chi connectivity index (χ0) is 23.5. The Kier molecular flexibility index (Phi) is 6.89. The second-order valence-electron chi connectivity index (χ2n) is 13.6. The van der Waals surface area contributed by atoms with Gasteiger partial charge in [0.1, 0.15) is 0 Å². The van der Waals surface area contributed by atoms with Crippen molar-refractivity contribution in [3.8, 4) is 0 Å². The molecule has 0 radical (unpaired) electrons. The summed E-state index contributed by atoms with van der Waals surface area (Å²) >= 11 is 0. The Morgan fingerprint density at radius 1 is 0.906 bits per heavy atom. The Balaban J connectivity index is 1.51. The fourth-order valence-electron chi connectivity index (χ4n) is 9.92. The van der Waals surface area contributed by atoms with E-state index >= 15 is 0 Å². The number of rotatable bonds is 6. The normalized spacial score (nSPS) is 50.4. The largest absolute Gasteiger partial charge is 0.393 e. The molecule has 3 heteroatoms. The van der Waals surface area contributed by atoms with Crippen molar-refractivity contribution in [1.29, 1.82) is 0 Å². The van der Waals surface area contributed by atoms with Crippen molar-refractivity contribution < 1.29 is 15.3 Å². The van der Waals surface area contributed by atoms with E-state index in [1.165, 1.54) is 44.9 Å². The van der Waals surface area contributed by atoms with Gasteiger partial charge in [-0.1, -0.05) is 54.4 Å². The number of aliphatic hydroxyl groups is 3. The van der Waals surface area contributed by atoms with E-state index in [1.807, 2.05) is 0 Å². The number of hydrogen-bond donors (Lipinski definition) is 3. The third kappa shape index (κ3) is 3.72. The van der Waals surface area contributed by atoms with Gasteiger partial charge in [-0.15, -0.1) is 0 Å². The van der Waals surface area contributed by atoms with Gasteiger partial charge in [0, 0.05) is 11.8 Å². The third-order valence-electron chi connectivity index (χ3n) is 12.1. The maximum absolute atomic E-state index is 11.7. The second-order valence-corrected chi connectivity index (χ2v) is 13.6. The van der Waals surface area contributed by atoms with Gasteiger partial charge in [0.15, 0.2) is 0 Å². The quantitative estimate of drug-likeness (QED) is 0.454. The maximum Gasteiger partial charge on any atom is 0.0985 e. The van der Waals surface area contributed by atoms with E-state index in [0.29, 0.717) is 29.6 Å². The Morgan fingerprint density at radius 3 is 2.28 bits per heavy atom. The molecule has 0 spiro atoms. The molecule has 0 amide bonds. The molecule has 4 fully saturated rings. The van der Waals surface area contributed by atoms with Crippen molar-refractivity contribution in [2.24, 2.45) is 52.3 Å². The summed E-state index contributed by atoms with van der Waals surface area (Å²) in [5.41, 5.74) is -0.984. The van der Waals surface area contributed by atoms with Crippen LogP contribution in [0, 0.1) is 52.3 Å². The zero-order valence-electron chi connectivity index (χ0n) is 21.8. The Labute approximate surface area is 197 Å². The van der Waals surface area contributed by atoms with Crippen LogP contribution in [0.3, 0.4) is 0 Å². The minimum atomic E-state index is -1.11. The van der Waals surface area contributed by atoms with Crippen molar-refractivity contribution in [1.82, 2.24) is 0 Å². The van der Waals surface area contributed by atoms with Crippen LogP contribution in [0.4, 0.5) is 0 Å². The number of aliphatic hydroxyl groups excluding tert-OH is 2. The van der Waals surface area contributed by atoms with Crippen LogP contribution in [-0.4, -0.2) is 33.1 Å².